The molecule has 1 heterocycles. The summed E-state index contributed by atoms with van der Waals surface area (Å²) in [6.45, 7) is 2.09. The summed E-state index contributed by atoms with van der Waals surface area (Å²) < 4.78 is 0. The zero-order chi connectivity index (χ0) is 9.26. The lowest BCUT2D eigenvalue weighted by Crippen LogP contribution is -1.76. The highest BCUT2D eigenvalue weighted by Crippen LogP contribution is 2.26. The molecule has 66 valence electrons. The van der Waals surface area contributed by atoms with Gasteiger partial charge in [-0.15, -0.1) is 12.6 Å². The van der Waals surface area contributed by atoms with Crippen molar-refractivity contribution in [2.24, 2.45) is 0 Å². The molecule has 0 radical (unpaired) electrons. The van der Waals surface area contributed by atoms with Crippen LogP contribution in [0, 0.1) is 6.92 Å². The monoisotopic (exact) mass is 189 g/mol. The van der Waals surface area contributed by atoms with Crippen LogP contribution in [0.5, 0.6) is 0 Å². The summed E-state index contributed by atoms with van der Waals surface area (Å²) in [6, 6.07) is 8.40. The molecule has 0 aliphatic rings. The number of rotatable bonds is 1. The van der Waals surface area contributed by atoms with E-state index in [0.29, 0.717) is 0 Å². The van der Waals surface area contributed by atoms with Crippen LogP contribution < -0.4 is 0 Å². The molecule has 2 rings (SSSR count). The van der Waals surface area contributed by atoms with Crippen LogP contribution >= 0.6 is 12.6 Å². The predicted molar refractivity (Wildman–Crippen MR) is 58.2 cm³/mol. The van der Waals surface area contributed by atoms with Gasteiger partial charge in [-0.2, -0.15) is 0 Å². The lowest BCUT2D eigenvalue weighted by molar-refractivity contribution is 1.38. The van der Waals surface area contributed by atoms with Gasteiger partial charge < -0.3 is 4.98 Å². The van der Waals surface area contributed by atoms with Gasteiger partial charge in [0.15, 0.2) is 0 Å². The minimum absolute atomic E-state index is 0.991. The lowest BCUT2D eigenvalue weighted by atomic mass is 10.1. The van der Waals surface area contributed by atoms with E-state index in [-0.39, 0.29) is 0 Å². The second kappa shape index (κ2) is 3.30. The van der Waals surface area contributed by atoms with Crippen molar-refractivity contribution in [3.8, 4) is 11.1 Å². The fourth-order valence-corrected chi connectivity index (χ4v) is 1.67. The van der Waals surface area contributed by atoms with Crippen molar-refractivity contribution < 1.29 is 0 Å². The number of benzene rings is 1. The van der Waals surface area contributed by atoms with Gasteiger partial charge in [0, 0.05) is 22.9 Å². The average molecular weight is 189 g/mol. The van der Waals surface area contributed by atoms with Crippen LogP contribution in [0.3, 0.4) is 0 Å². The van der Waals surface area contributed by atoms with Gasteiger partial charge in [0.25, 0.3) is 0 Å². The van der Waals surface area contributed by atoms with E-state index in [4.69, 9.17) is 0 Å². The molecule has 0 amide bonds. The Labute approximate surface area is 83.2 Å². The molecular formula is C11H11NS. The topological polar surface area (TPSA) is 15.8 Å². The largest absolute Gasteiger partial charge is 0.366 e. The molecule has 0 bridgehead atoms. The smallest absolute Gasteiger partial charge is 0.0294 e. The van der Waals surface area contributed by atoms with Gasteiger partial charge >= 0.3 is 0 Å². The first-order chi connectivity index (χ1) is 6.27. The second-order valence-corrected chi connectivity index (χ2v) is 3.61. The number of thiol groups is 1. The molecule has 0 aliphatic heterocycles. The van der Waals surface area contributed by atoms with E-state index >= 15 is 0 Å². The van der Waals surface area contributed by atoms with E-state index in [1.54, 1.807) is 0 Å². The third kappa shape index (κ3) is 1.63. The molecule has 0 fully saturated rings. The number of H-pyrrole nitrogens is 1. The Hall–Kier alpha value is -1.15. The van der Waals surface area contributed by atoms with Crippen LogP contribution in [-0.2, 0) is 0 Å². The Morgan fingerprint density at radius 1 is 1.23 bits per heavy atom. The number of hydrogen-bond acceptors (Lipinski definition) is 1. The number of nitrogens with one attached hydrogen (secondary N) is 1. The first kappa shape index (κ1) is 8.45. The van der Waals surface area contributed by atoms with Crippen molar-refractivity contribution >= 4 is 12.6 Å². The molecular weight excluding hydrogens is 178 g/mol. The summed E-state index contributed by atoms with van der Waals surface area (Å²) in [6.07, 6.45) is 3.86. The van der Waals surface area contributed by atoms with Crippen LogP contribution in [0.1, 0.15) is 5.56 Å². The summed E-state index contributed by atoms with van der Waals surface area (Å²) in [5.74, 6) is 0. The van der Waals surface area contributed by atoms with E-state index in [2.05, 4.69) is 48.8 Å². The van der Waals surface area contributed by atoms with Gasteiger partial charge in [-0.05, 0) is 12.5 Å². The minimum Gasteiger partial charge on any atom is -0.366 e. The maximum atomic E-state index is 4.36. The van der Waals surface area contributed by atoms with Gasteiger partial charge in [0.05, 0.1) is 0 Å². The Kier molecular flexibility index (Phi) is 2.15. The molecule has 0 aliphatic carbocycles. The molecule has 1 aromatic carbocycles. The fraction of sp³-hybridized carbons (Fsp3) is 0.0909. The highest BCUT2D eigenvalue weighted by Gasteiger charge is 2.01. The van der Waals surface area contributed by atoms with Gasteiger partial charge in [0.1, 0.15) is 0 Å². The zero-order valence-electron chi connectivity index (χ0n) is 7.41. The summed E-state index contributed by atoms with van der Waals surface area (Å²) in [7, 11) is 0. The van der Waals surface area contributed by atoms with Crippen LogP contribution in [-0.4, -0.2) is 4.98 Å². The summed E-state index contributed by atoms with van der Waals surface area (Å²) in [5.41, 5.74) is 3.64. The molecule has 2 aromatic rings. The predicted octanol–water partition coefficient (Wildman–Crippen LogP) is 3.28. The van der Waals surface area contributed by atoms with Gasteiger partial charge in [-0.1, -0.05) is 29.8 Å². The molecule has 0 unspecified atom stereocenters. The summed E-state index contributed by atoms with van der Waals surface area (Å²) in [5, 5.41) is 0. The van der Waals surface area contributed by atoms with Crippen molar-refractivity contribution in [3.63, 3.8) is 0 Å². The SMILES string of the molecule is Cc1cccc(-c2c[nH]cc2S)c1. The highest BCUT2D eigenvalue weighted by atomic mass is 32.1. The van der Waals surface area contributed by atoms with Crippen molar-refractivity contribution in [1.82, 2.24) is 4.98 Å². The first-order valence-electron chi connectivity index (χ1n) is 4.20. The molecule has 1 N–H and O–H groups in total. The van der Waals surface area contributed by atoms with Gasteiger partial charge in [-0.3, -0.25) is 0 Å². The molecule has 0 saturated carbocycles. The number of hydrogen-bond donors (Lipinski definition) is 2. The molecule has 1 nitrogen and oxygen atoms in total. The van der Waals surface area contributed by atoms with Gasteiger partial charge in [-0.25, -0.2) is 0 Å². The van der Waals surface area contributed by atoms with E-state index in [1.165, 1.54) is 11.1 Å². The second-order valence-electron chi connectivity index (χ2n) is 3.12. The lowest BCUT2D eigenvalue weighted by Gasteiger charge is -2.00. The van der Waals surface area contributed by atoms with Crippen molar-refractivity contribution in [2.45, 2.75) is 11.8 Å². The van der Waals surface area contributed by atoms with Crippen LogP contribution in [0.4, 0.5) is 0 Å². The maximum Gasteiger partial charge on any atom is 0.0294 e. The van der Waals surface area contributed by atoms with E-state index in [9.17, 15) is 0 Å². The third-order valence-corrected chi connectivity index (χ3v) is 2.42. The standard InChI is InChI=1S/C11H11NS/c1-8-3-2-4-9(5-8)10-6-12-7-11(10)13/h2-7,12-13H,1H3. The molecule has 0 spiro atoms. The van der Waals surface area contributed by atoms with E-state index in [1.807, 2.05) is 12.4 Å². The van der Waals surface area contributed by atoms with Crippen LogP contribution in [0.25, 0.3) is 11.1 Å². The van der Waals surface area contributed by atoms with Crippen molar-refractivity contribution in [2.75, 3.05) is 0 Å². The molecule has 13 heavy (non-hydrogen) atoms. The number of aryl methyl sites for hydroxylation is 1. The normalized spacial score (nSPS) is 10.3. The zero-order valence-corrected chi connectivity index (χ0v) is 8.31. The molecule has 0 atom stereocenters. The number of aromatic amines is 1. The summed E-state index contributed by atoms with van der Waals surface area (Å²) in [4.78, 5) is 4.03. The van der Waals surface area contributed by atoms with Gasteiger partial charge in [0.2, 0.25) is 0 Å². The highest BCUT2D eigenvalue weighted by molar-refractivity contribution is 7.80. The fourth-order valence-electron chi connectivity index (χ4n) is 1.40. The Bertz CT molecular complexity index is 418. The first-order valence-corrected chi connectivity index (χ1v) is 4.65. The maximum absolute atomic E-state index is 4.36. The molecule has 1 aromatic heterocycles. The van der Waals surface area contributed by atoms with E-state index < -0.39 is 0 Å². The third-order valence-electron chi connectivity index (χ3n) is 2.05. The average Bonchev–Trinajstić information content (AvgIpc) is 2.51. The van der Waals surface area contributed by atoms with Crippen LogP contribution in [0.15, 0.2) is 41.6 Å². The molecule has 2 heteroatoms. The Balaban J connectivity index is 2.53. The van der Waals surface area contributed by atoms with Crippen molar-refractivity contribution in [3.05, 3.63) is 42.2 Å². The number of aromatic nitrogens is 1. The molecule has 0 saturated heterocycles. The minimum atomic E-state index is 0.991. The summed E-state index contributed by atoms with van der Waals surface area (Å²) >= 11 is 4.36. The van der Waals surface area contributed by atoms with Crippen LogP contribution in [0.2, 0.25) is 0 Å². The Morgan fingerprint density at radius 3 is 2.69 bits per heavy atom. The van der Waals surface area contributed by atoms with E-state index in [0.717, 1.165) is 10.5 Å². The van der Waals surface area contributed by atoms with Crippen molar-refractivity contribution in [1.29, 1.82) is 0 Å². The quantitative estimate of drug-likeness (QED) is 0.640. The Morgan fingerprint density at radius 2 is 2.08 bits per heavy atom.